The fourth-order valence-electron chi connectivity index (χ4n) is 3.48. The van der Waals surface area contributed by atoms with Gasteiger partial charge in [-0.15, -0.1) is 0 Å². The van der Waals surface area contributed by atoms with Crippen LogP contribution in [0.1, 0.15) is 36.7 Å². The maximum atomic E-state index is 12.6. The highest BCUT2D eigenvalue weighted by atomic mass is 16.5. The van der Waals surface area contributed by atoms with Gasteiger partial charge in [0.1, 0.15) is 5.69 Å². The number of hydrogen-bond acceptors (Lipinski definition) is 6. The Morgan fingerprint density at radius 2 is 1.82 bits per heavy atom. The molecule has 1 aliphatic rings. The van der Waals surface area contributed by atoms with Crippen LogP contribution < -0.4 is 14.8 Å². The lowest BCUT2D eigenvalue weighted by molar-refractivity contribution is -0.116. The SMILES string of the molecule is CCOC(=O)c1[nH]c2cc(OC)c(OC)cc2c1NC(=O)CCN1CCCC1. The highest BCUT2D eigenvalue weighted by Crippen LogP contribution is 2.37. The van der Waals surface area contributed by atoms with Crippen molar-refractivity contribution < 1.29 is 23.8 Å². The molecule has 3 rings (SSSR count). The summed E-state index contributed by atoms with van der Waals surface area (Å²) in [6.45, 7) is 4.75. The number of benzene rings is 1. The molecule has 0 radical (unpaired) electrons. The van der Waals surface area contributed by atoms with Crippen molar-refractivity contribution in [1.82, 2.24) is 9.88 Å². The third-order valence-corrected chi connectivity index (χ3v) is 4.90. The van der Waals surface area contributed by atoms with Crippen LogP contribution in [-0.4, -0.2) is 62.2 Å². The molecular formula is C20H27N3O5. The fraction of sp³-hybridized carbons (Fsp3) is 0.500. The van der Waals surface area contributed by atoms with Gasteiger partial charge in [-0.3, -0.25) is 4.79 Å². The molecule has 8 heteroatoms. The van der Waals surface area contributed by atoms with Gasteiger partial charge in [0.2, 0.25) is 5.91 Å². The maximum absolute atomic E-state index is 12.6. The van der Waals surface area contributed by atoms with Crippen LogP contribution in [0.4, 0.5) is 5.69 Å². The number of nitrogens with zero attached hydrogens (tertiary/aromatic N) is 1. The number of esters is 1. The van der Waals surface area contributed by atoms with Crippen LogP contribution in [0.15, 0.2) is 12.1 Å². The molecule has 0 aliphatic carbocycles. The average Bonchev–Trinajstić information content (AvgIpc) is 3.33. The van der Waals surface area contributed by atoms with E-state index in [1.165, 1.54) is 20.0 Å². The van der Waals surface area contributed by atoms with Gasteiger partial charge in [0.05, 0.1) is 32.0 Å². The number of carbonyl (C=O) groups excluding carboxylic acids is 2. The Kier molecular flexibility index (Phi) is 6.41. The zero-order valence-corrected chi connectivity index (χ0v) is 16.6. The van der Waals surface area contributed by atoms with Crippen LogP contribution in [0, 0.1) is 0 Å². The van der Waals surface area contributed by atoms with Crippen molar-refractivity contribution in [3.05, 3.63) is 17.8 Å². The summed E-state index contributed by atoms with van der Waals surface area (Å²) in [5.74, 6) is 0.371. The number of aromatic nitrogens is 1. The molecule has 1 aromatic carbocycles. The molecule has 1 aromatic heterocycles. The Morgan fingerprint density at radius 1 is 1.14 bits per heavy atom. The number of ether oxygens (including phenoxy) is 3. The second-order valence-electron chi connectivity index (χ2n) is 6.70. The standard InChI is InChI=1S/C20H27N3O5/c1-4-28-20(25)19-18(22-17(24)7-10-23-8-5-6-9-23)13-11-15(26-2)16(27-3)12-14(13)21-19/h11-12,21H,4-10H2,1-3H3,(H,22,24). The molecule has 1 amide bonds. The first-order chi connectivity index (χ1) is 13.6. The van der Waals surface area contributed by atoms with Crippen LogP contribution in [0.5, 0.6) is 11.5 Å². The van der Waals surface area contributed by atoms with Gasteiger partial charge in [0, 0.05) is 24.4 Å². The predicted molar refractivity (Wildman–Crippen MR) is 106 cm³/mol. The largest absolute Gasteiger partial charge is 0.493 e. The molecule has 0 atom stereocenters. The summed E-state index contributed by atoms with van der Waals surface area (Å²) < 4.78 is 15.8. The molecule has 152 valence electrons. The number of methoxy groups -OCH3 is 2. The van der Waals surface area contributed by atoms with Crippen molar-refractivity contribution in [2.24, 2.45) is 0 Å². The number of nitrogens with one attached hydrogen (secondary N) is 2. The number of anilines is 1. The van der Waals surface area contributed by atoms with E-state index >= 15 is 0 Å². The van der Waals surface area contributed by atoms with Crippen molar-refractivity contribution >= 4 is 28.5 Å². The van der Waals surface area contributed by atoms with Crippen LogP contribution in [-0.2, 0) is 9.53 Å². The van der Waals surface area contributed by atoms with E-state index in [0.29, 0.717) is 41.1 Å². The molecule has 1 aliphatic heterocycles. The van der Waals surface area contributed by atoms with Gasteiger partial charge < -0.3 is 29.4 Å². The number of aromatic amines is 1. The summed E-state index contributed by atoms with van der Waals surface area (Å²) >= 11 is 0. The fourth-order valence-corrected chi connectivity index (χ4v) is 3.48. The van der Waals surface area contributed by atoms with Gasteiger partial charge in [0.25, 0.3) is 0 Å². The second-order valence-corrected chi connectivity index (χ2v) is 6.70. The van der Waals surface area contributed by atoms with E-state index in [4.69, 9.17) is 14.2 Å². The third kappa shape index (κ3) is 4.22. The second kappa shape index (κ2) is 8.97. The van der Waals surface area contributed by atoms with Crippen molar-refractivity contribution in [3.63, 3.8) is 0 Å². The number of amides is 1. The lowest BCUT2D eigenvalue weighted by Crippen LogP contribution is -2.25. The quantitative estimate of drug-likeness (QED) is 0.675. The van der Waals surface area contributed by atoms with E-state index in [1.54, 1.807) is 26.2 Å². The minimum absolute atomic E-state index is 0.145. The number of fused-ring (bicyclic) bond motifs is 1. The normalized spacial score (nSPS) is 14.2. The molecule has 2 heterocycles. The molecule has 0 bridgehead atoms. The molecule has 2 N–H and O–H groups in total. The third-order valence-electron chi connectivity index (χ3n) is 4.90. The molecule has 28 heavy (non-hydrogen) atoms. The Labute approximate surface area is 164 Å². The molecule has 8 nitrogen and oxygen atoms in total. The zero-order chi connectivity index (χ0) is 20.1. The van der Waals surface area contributed by atoms with Gasteiger partial charge in [0.15, 0.2) is 11.5 Å². The van der Waals surface area contributed by atoms with E-state index in [1.807, 2.05) is 0 Å². The summed E-state index contributed by atoms with van der Waals surface area (Å²) in [5, 5.41) is 3.55. The van der Waals surface area contributed by atoms with E-state index in [9.17, 15) is 9.59 Å². The molecular weight excluding hydrogens is 362 g/mol. The number of rotatable bonds is 8. The first-order valence-electron chi connectivity index (χ1n) is 9.54. The first-order valence-corrected chi connectivity index (χ1v) is 9.54. The number of carbonyl (C=O) groups is 2. The zero-order valence-electron chi connectivity index (χ0n) is 16.6. The van der Waals surface area contributed by atoms with E-state index in [-0.39, 0.29) is 18.2 Å². The van der Waals surface area contributed by atoms with Crippen LogP contribution >= 0.6 is 0 Å². The van der Waals surface area contributed by atoms with Gasteiger partial charge >= 0.3 is 5.97 Å². The topological polar surface area (TPSA) is 92.9 Å². The summed E-state index contributed by atoms with van der Waals surface area (Å²) in [4.78, 5) is 30.3. The van der Waals surface area contributed by atoms with Crippen molar-refractivity contribution in [1.29, 1.82) is 0 Å². The summed E-state index contributed by atoms with van der Waals surface area (Å²) in [5.41, 5.74) is 1.26. The minimum Gasteiger partial charge on any atom is -0.493 e. The Balaban J connectivity index is 1.90. The smallest absolute Gasteiger partial charge is 0.356 e. The van der Waals surface area contributed by atoms with Gasteiger partial charge in [-0.2, -0.15) is 0 Å². The Morgan fingerprint density at radius 3 is 2.46 bits per heavy atom. The monoisotopic (exact) mass is 389 g/mol. The highest BCUT2D eigenvalue weighted by molar-refractivity contribution is 6.11. The van der Waals surface area contributed by atoms with Crippen LogP contribution in [0.25, 0.3) is 10.9 Å². The number of H-pyrrole nitrogens is 1. The predicted octanol–water partition coefficient (Wildman–Crippen LogP) is 2.79. The minimum atomic E-state index is -0.522. The highest BCUT2D eigenvalue weighted by Gasteiger charge is 2.23. The van der Waals surface area contributed by atoms with E-state index in [0.717, 1.165) is 13.1 Å². The van der Waals surface area contributed by atoms with E-state index < -0.39 is 5.97 Å². The van der Waals surface area contributed by atoms with Crippen LogP contribution in [0.2, 0.25) is 0 Å². The van der Waals surface area contributed by atoms with Gasteiger partial charge in [-0.05, 0) is 38.9 Å². The lowest BCUT2D eigenvalue weighted by atomic mass is 10.2. The van der Waals surface area contributed by atoms with Crippen molar-refractivity contribution in [3.8, 4) is 11.5 Å². The molecule has 1 saturated heterocycles. The van der Waals surface area contributed by atoms with Gasteiger partial charge in [-0.1, -0.05) is 0 Å². The molecule has 2 aromatic rings. The Hall–Kier alpha value is -2.74. The summed E-state index contributed by atoms with van der Waals surface area (Å²) in [6, 6.07) is 3.47. The molecule has 1 fully saturated rings. The van der Waals surface area contributed by atoms with Crippen molar-refractivity contribution in [2.75, 3.05) is 45.8 Å². The van der Waals surface area contributed by atoms with Crippen LogP contribution in [0.3, 0.4) is 0 Å². The average molecular weight is 389 g/mol. The summed E-state index contributed by atoms with van der Waals surface area (Å²) in [6.07, 6.45) is 2.72. The lowest BCUT2D eigenvalue weighted by Gasteiger charge is -2.14. The van der Waals surface area contributed by atoms with Gasteiger partial charge in [-0.25, -0.2) is 4.79 Å². The van der Waals surface area contributed by atoms with E-state index in [2.05, 4.69) is 15.2 Å². The van der Waals surface area contributed by atoms with Crippen molar-refractivity contribution in [2.45, 2.75) is 26.2 Å². The summed E-state index contributed by atoms with van der Waals surface area (Å²) in [7, 11) is 3.08. The molecule has 0 unspecified atom stereocenters. The number of hydrogen-bond donors (Lipinski definition) is 2. The Bertz CT molecular complexity index is 855. The maximum Gasteiger partial charge on any atom is 0.356 e. The molecule has 0 saturated carbocycles. The molecule has 0 spiro atoms. The first kappa shape index (κ1) is 20.0. The number of likely N-dealkylation sites (tertiary alicyclic amines) is 1.